The summed E-state index contributed by atoms with van der Waals surface area (Å²) in [7, 11) is 1.34. The van der Waals surface area contributed by atoms with E-state index >= 15 is 0 Å². The fourth-order valence-corrected chi connectivity index (χ4v) is 2.30. The maximum Gasteiger partial charge on any atom is 0.339 e. The van der Waals surface area contributed by atoms with Crippen LogP contribution in [0.15, 0.2) is 48.5 Å². The summed E-state index contributed by atoms with van der Waals surface area (Å²) in [6.07, 6.45) is 3.03. The number of rotatable bonds is 6. The highest BCUT2D eigenvalue weighted by Gasteiger charge is 2.15. The molecule has 0 atom stereocenters. The number of anilines is 1. The average Bonchev–Trinajstić information content (AvgIpc) is 2.60. The minimum Gasteiger partial charge on any atom is -0.465 e. The van der Waals surface area contributed by atoms with Crippen LogP contribution in [0.25, 0.3) is 0 Å². The highest BCUT2D eigenvalue weighted by atomic mass is 16.5. The maximum absolute atomic E-state index is 12.3. The van der Waals surface area contributed by atoms with Crippen molar-refractivity contribution in [2.75, 3.05) is 12.4 Å². The van der Waals surface area contributed by atoms with Gasteiger partial charge in [0.15, 0.2) is 0 Å². The van der Waals surface area contributed by atoms with E-state index in [-0.39, 0.29) is 5.91 Å². The Labute approximate surface area is 136 Å². The summed E-state index contributed by atoms with van der Waals surface area (Å²) >= 11 is 0. The molecular formula is C19H21NO3. The van der Waals surface area contributed by atoms with Gasteiger partial charge >= 0.3 is 5.97 Å². The third-order valence-corrected chi connectivity index (χ3v) is 3.59. The number of unbranched alkanes of at least 4 members (excludes halogenated alkanes) is 1. The van der Waals surface area contributed by atoms with Gasteiger partial charge < -0.3 is 10.1 Å². The van der Waals surface area contributed by atoms with Crippen LogP contribution in [0.5, 0.6) is 0 Å². The van der Waals surface area contributed by atoms with Crippen LogP contribution in [0.2, 0.25) is 0 Å². The van der Waals surface area contributed by atoms with E-state index < -0.39 is 5.97 Å². The van der Waals surface area contributed by atoms with Crippen LogP contribution >= 0.6 is 0 Å². The summed E-state index contributed by atoms with van der Waals surface area (Å²) in [5, 5.41) is 2.79. The summed E-state index contributed by atoms with van der Waals surface area (Å²) in [5.74, 6) is -0.705. The van der Waals surface area contributed by atoms with Crippen molar-refractivity contribution in [3.63, 3.8) is 0 Å². The zero-order chi connectivity index (χ0) is 16.7. The SMILES string of the molecule is CCCCc1ccc(NC(=O)c2ccccc2)c(C(=O)OC)c1. The molecule has 0 unspecified atom stereocenters. The number of nitrogens with one attached hydrogen (secondary N) is 1. The lowest BCUT2D eigenvalue weighted by Crippen LogP contribution is -2.15. The molecule has 1 N–H and O–H groups in total. The van der Waals surface area contributed by atoms with E-state index in [1.54, 1.807) is 36.4 Å². The molecule has 4 nitrogen and oxygen atoms in total. The second-order valence-electron chi connectivity index (χ2n) is 5.30. The second kappa shape index (κ2) is 8.13. The van der Waals surface area contributed by atoms with Crippen molar-refractivity contribution >= 4 is 17.6 Å². The molecular weight excluding hydrogens is 290 g/mol. The van der Waals surface area contributed by atoms with Gasteiger partial charge in [-0.3, -0.25) is 4.79 Å². The zero-order valence-corrected chi connectivity index (χ0v) is 13.5. The molecule has 0 aromatic heterocycles. The first kappa shape index (κ1) is 16.7. The van der Waals surface area contributed by atoms with Crippen molar-refractivity contribution in [1.82, 2.24) is 0 Å². The summed E-state index contributed by atoms with van der Waals surface area (Å²) < 4.78 is 4.83. The number of carbonyl (C=O) groups excluding carboxylic acids is 2. The largest absolute Gasteiger partial charge is 0.465 e. The molecule has 0 aliphatic heterocycles. The number of methoxy groups -OCH3 is 1. The molecule has 0 aliphatic rings. The number of carbonyl (C=O) groups is 2. The maximum atomic E-state index is 12.3. The standard InChI is InChI=1S/C19H21NO3/c1-3-4-8-14-11-12-17(16(13-14)19(22)23-2)20-18(21)15-9-6-5-7-10-15/h5-7,9-13H,3-4,8H2,1-2H3,(H,20,21). The minimum absolute atomic E-state index is 0.253. The molecule has 4 heteroatoms. The molecule has 0 saturated heterocycles. The summed E-state index contributed by atoms with van der Waals surface area (Å²) in [4.78, 5) is 24.3. The van der Waals surface area contributed by atoms with Gasteiger partial charge in [-0.05, 0) is 42.7 Å². The van der Waals surface area contributed by atoms with Crippen LogP contribution < -0.4 is 5.32 Å². The van der Waals surface area contributed by atoms with Gasteiger partial charge in [0, 0.05) is 5.56 Å². The van der Waals surface area contributed by atoms with Crippen molar-refractivity contribution in [2.24, 2.45) is 0 Å². The Morgan fingerprint density at radius 3 is 2.48 bits per heavy atom. The molecule has 0 spiro atoms. The van der Waals surface area contributed by atoms with Gasteiger partial charge in [0.2, 0.25) is 0 Å². The number of aryl methyl sites for hydroxylation is 1. The van der Waals surface area contributed by atoms with Gasteiger partial charge in [0.05, 0.1) is 18.4 Å². The van der Waals surface area contributed by atoms with Crippen molar-refractivity contribution in [3.8, 4) is 0 Å². The van der Waals surface area contributed by atoms with Crippen molar-refractivity contribution in [2.45, 2.75) is 26.2 Å². The number of benzene rings is 2. The Bertz CT molecular complexity index is 680. The molecule has 0 saturated carbocycles. The Kier molecular flexibility index (Phi) is 5.92. The van der Waals surface area contributed by atoms with E-state index in [4.69, 9.17) is 4.74 Å². The molecule has 120 valence electrons. The molecule has 0 radical (unpaired) electrons. The van der Waals surface area contributed by atoms with Crippen LogP contribution in [0.3, 0.4) is 0 Å². The number of ether oxygens (including phenoxy) is 1. The van der Waals surface area contributed by atoms with Crippen LogP contribution in [0.1, 0.15) is 46.0 Å². The van der Waals surface area contributed by atoms with Crippen LogP contribution in [0.4, 0.5) is 5.69 Å². The highest BCUT2D eigenvalue weighted by Crippen LogP contribution is 2.21. The molecule has 0 aliphatic carbocycles. The van der Waals surface area contributed by atoms with Gasteiger partial charge in [-0.15, -0.1) is 0 Å². The quantitative estimate of drug-likeness (QED) is 0.818. The first-order valence-electron chi connectivity index (χ1n) is 7.73. The van der Waals surface area contributed by atoms with Crippen LogP contribution in [0, 0.1) is 0 Å². The monoisotopic (exact) mass is 311 g/mol. The predicted molar refractivity (Wildman–Crippen MR) is 90.8 cm³/mol. The zero-order valence-electron chi connectivity index (χ0n) is 13.5. The van der Waals surface area contributed by atoms with Crippen LogP contribution in [-0.4, -0.2) is 19.0 Å². The smallest absolute Gasteiger partial charge is 0.339 e. The molecule has 0 bridgehead atoms. The number of hydrogen-bond acceptors (Lipinski definition) is 3. The fourth-order valence-electron chi connectivity index (χ4n) is 2.30. The molecule has 0 heterocycles. The van der Waals surface area contributed by atoms with Crippen LogP contribution in [-0.2, 0) is 11.2 Å². The highest BCUT2D eigenvalue weighted by molar-refractivity contribution is 6.08. The average molecular weight is 311 g/mol. The van der Waals surface area contributed by atoms with E-state index in [0.29, 0.717) is 16.8 Å². The van der Waals surface area contributed by atoms with E-state index in [2.05, 4.69) is 12.2 Å². The van der Waals surface area contributed by atoms with Gasteiger partial charge in [-0.1, -0.05) is 37.6 Å². The Morgan fingerprint density at radius 1 is 1.09 bits per heavy atom. The molecule has 1 amide bonds. The van der Waals surface area contributed by atoms with Crippen molar-refractivity contribution < 1.29 is 14.3 Å². The van der Waals surface area contributed by atoms with Crippen molar-refractivity contribution in [3.05, 3.63) is 65.2 Å². The molecule has 2 aromatic carbocycles. The normalized spacial score (nSPS) is 10.2. The van der Waals surface area contributed by atoms with Gasteiger partial charge in [-0.2, -0.15) is 0 Å². The van der Waals surface area contributed by atoms with Gasteiger partial charge in [0.1, 0.15) is 0 Å². The Morgan fingerprint density at radius 2 is 1.83 bits per heavy atom. The first-order valence-corrected chi connectivity index (χ1v) is 7.73. The Balaban J connectivity index is 2.26. The third-order valence-electron chi connectivity index (χ3n) is 3.59. The Hall–Kier alpha value is -2.62. The molecule has 23 heavy (non-hydrogen) atoms. The second-order valence-corrected chi connectivity index (χ2v) is 5.30. The molecule has 2 rings (SSSR count). The predicted octanol–water partition coefficient (Wildman–Crippen LogP) is 4.07. The lowest BCUT2D eigenvalue weighted by Gasteiger charge is -2.12. The van der Waals surface area contributed by atoms with Crippen molar-refractivity contribution in [1.29, 1.82) is 0 Å². The number of esters is 1. The van der Waals surface area contributed by atoms with E-state index in [1.165, 1.54) is 7.11 Å². The van der Waals surface area contributed by atoms with E-state index in [0.717, 1.165) is 24.8 Å². The third kappa shape index (κ3) is 4.42. The topological polar surface area (TPSA) is 55.4 Å². The minimum atomic E-state index is -0.452. The van der Waals surface area contributed by atoms with Gasteiger partial charge in [0.25, 0.3) is 5.91 Å². The lowest BCUT2D eigenvalue weighted by molar-refractivity contribution is 0.0602. The number of amides is 1. The summed E-state index contributed by atoms with van der Waals surface area (Å²) in [6, 6.07) is 14.4. The number of hydrogen-bond donors (Lipinski definition) is 1. The molecule has 0 fully saturated rings. The summed E-state index contributed by atoms with van der Waals surface area (Å²) in [5.41, 5.74) is 2.44. The molecule has 2 aromatic rings. The lowest BCUT2D eigenvalue weighted by atomic mass is 10.0. The van der Waals surface area contributed by atoms with E-state index in [1.807, 2.05) is 12.1 Å². The fraction of sp³-hybridized carbons (Fsp3) is 0.263. The van der Waals surface area contributed by atoms with E-state index in [9.17, 15) is 9.59 Å². The van der Waals surface area contributed by atoms with Gasteiger partial charge in [-0.25, -0.2) is 4.79 Å². The first-order chi connectivity index (χ1) is 11.2. The summed E-state index contributed by atoms with van der Waals surface area (Å²) in [6.45, 7) is 2.12.